The van der Waals surface area contributed by atoms with Crippen LogP contribution in [0.1, 0.15) is 12.1 Å². The van der Waals surface area contributed by atoms with Crippen LogP contribution in [0, 0.1) is 0 Å². The number of aromatic nitrogens is 3. The van der Waals surface area contributed by atoms with Crippen molar-refractivity contribution < 1.29 is 15.0 Å². The summed E-state index contributed by atoms with van der Waals surface area (Å²) in [7, 11) is 0. The van der Waals surface area contributed by atoms with E-state index >= 15 is 0 Å². The van der Waals surface area contributed by atoms with Gasteiger partial charge in [-0.05, 0) is 0 Å². The molecule has 7 nitrogen and oxygen atoms in total. The fraction of sp³-hybridized carbons (Fsp3) is 0.625. The lowest BCUT2D eigenvalue weighted by molar-refractivity contribution is -0.136. The van der Waals surface area contributed by atoms with Crippen molar-refractivity contribution in [1.29, 1.82) is 0 Å². The van der Waals surface area contributed by atoms with E-state index in [-0.39, 0.29) is 13.0 Å². The number of hydrogen-bond acceptors (Lipinski definition) is 5. The Hall–Kier alpha value is -1.47. The van der Waals surface area contributed by atoms with Crippen LogP contribution in [0.15, 0.2) is 6.20 Å². The second-order valence-corrected chi connectivity index (χ2v) is 3.02. The Bertz CT molecular complexity index is 313. The van der Waals surface area contributed by atoms with Gasteiger partial charge in [0.25, 0.3) is 0 Å². The number of aliphatic hydroxyl groups excluding tert-OH is 1. The molecule has 0 aliphatic rings. The van der Waals surface area contributed by atoms with Gasteiger partial charge in [0.15, 0.2) is 0 Å². The van der Waals surface area contributed by atoms with E-state index in [2.05, 4.69) is 15.6 Å². The molecule has 0 unspecified atom stereocenters. The lowest BCUT2D eigenvalue weighted by Crippen LogP contribution is -2.17. The average molecular weight is 214 g/mol. The minimum Gasteiger partial charge on any atom is -0.481 e. The summed E-state index contributed by atoms with van der Waals surface area (Å²) in [6.07, 6.45) is 1.80. The third-order valence-corrected chi connectivity index (χ3v) is 1.74. The van der Waals surface area contributed by atoms with Gasteiger partial charge < -0.3 is 15.5 Å². The molecule has 0 saturated carbocycles. The maximum atomic E-state index is 10.2. The summed E-state index contributed by atoms with van der Waals surface area (Å²) in [5, 5.41) is 27.6. The molecular formula is C8H14N4O3. The van der Waals surface area contributed by atoms with Crippen molar-refractivity contribution in [2.75, 3.05) is 13.2 Å². The van der Waals surface area contributed by atoms with Crippen LogP contribution in [0.25, 0.3) is 0 Å². The maximum Gasteiger partial charge on any atom is 0.304 e. The molecule has 7 heteroatoms. The Morgan fingerprint density at radius 3 is 3.07 bits per heavy atom. The number of carboxylic acid groups (broad SMARTS) is 1. The van der Waals surface area contributed by atoms with Crippen molar-refractivity contribution in [2.45, 2.75) is 19.5 Å². The fourth-order valence-electron chi connectivity index (χ4n) is 1.04. The van der Waals surface area contributed by atoms with Crippen molar-refractivity contribution in [3.63, 3.8) is 0 Å². The summed E-state index contributed by atoms with van der Waals surface area (Å²) in [4.78, 5) is 10.2. The predicted molar refractivity (Wildman–Crippen MR) is 51.1 cm³/mol. The molecule has 0 amide bonds. The van der Waals surface area contributed by atoms with E-state index in [4.69, 9.17) is 10.2 Å². The van der Waals surface area contributed by atoms with Crippen molar-refractivity contribution in [3.05, 3.63) is 11.9 Å². The highest BCUT2D eigenvalue weighted by Crippen LogP contribution is 1.92. The Kier molecular flexibility index (Phi) is 4.72. The first-order chi connectivity index (χ1) is 7.22. The van der Waals surface area contributed by atoms with Gasteiger partial charge in [0.2, 0.25) is 0 Å². The van der Waals surface area contributed by atoms with E-state index in [0.717, 1.165) is 5.69 Å². The van der Waals surface area contributed by atoms with Gasteiger partial charge in [-0.15, -0.1) is 5.10 Å². The molecule has 1 aromatic rings. The Morgan fingerprint density at radius 2 is 2.40 bits per heavy atom. The van der Waals surface area contributed by atoms with Crippen LogP contribution in [0.4, 0.5) is 0 Å². The van der Waals surface area contributed by atoms with Crippen LogP contribution in [-0.4, -0.2) is 44.3 Å². The number of nitrogens with zero attached hydrogens (tertiary/aromatic N) is 3. The summed E-state index contributed by atoms with van der Waals surface area (Å²) < 4.78 is 1.54. The lowest BCUT2D eigenvalue weighted by atomic mass is 10.4. The number of hydrogen-bond donors (Lipinski definition) is 3. The van der Waals surface area contributed by atoms with Gasteiger partial charge in [0.05, 0.1) is 25.3 Å². The minimum atomic E-state index is -0.827. The first-order valence-electron chi connectivity index (χ1n) is 4.64. The van der Waals surface area contributed by atoms with Crippen LogP contribution in [0.5, 0.6) is 0 Å². The predicted octanol–water partition coefficient (Wildman–Crippen LogP) is -1.17. The van der Waals surface area contributed by atoms with Gasteiger partial charge >= 0.3 is 5.97 Å². The highest BCUT2D eigenvalue weighted by Gasteiger charge is 2.00. The van der Waals surface area contributed by atoms with Gasteiger partial charge in [-0.3, -0.25) is 4.79 Å². The Balaban J connectivity index is 2.22. The molecule has 0 atom stereocenters. The summed E-state index contributed by atoms with van der Waals surface area (Å²) in [6.45, 7) is 1.33. The zero-order chi connectivity index (χ0) is 11.1. The third kappa shape index (κ3) is 4.52. The molecule has 15 heavy (non-hydrogen) atoms. The topological polar surface area (TPSA) is 100 Å². The Morgan fingerprint density at radius 1 is 1.60 bits per heavy atom. The van der Waals surface area contributed by atoms with Crippen LogP contribution >= 0.6 is 0 Å². The first kappa shape index (κ1) is 11.6. The summed E-state index contributed by atoms with van der Waals surface area (Å²) >= 11 is 0. The van der Waals surface area contributed by atoms with Gasteiger partial charge in [0, 0.05) is 19.3 Å². The van der Waals surface area contributed by atoms with Crippen molar-refractivity contribution in [2.24, 2.45) is 0 Å². The zero-order valence-corrected chi connectivity index (χ0v) is 8.26. The van der Waals surface area contributed by atoms with E-state index in [0.29, 0.717) is 19.6 Å². The van der Waals surface area contributed by atoms with Crippen molar-refractivity contribution >= 4 is 5.97 Å². The molecular weight excluding hydrogens is 200 g/mol. The SMILES string of the molecule is O=C(O)CCNCc1cn(CCO)nn1. The number of aliphatic carboxylic acids is 1. The molecule has 3 N–H and O–H groups in total. The molecule has 0 aliphatic carbocycles. The molecule has 0 saturated heterocycles. The Labute approximate surface area is 86.7 Å². The van der Waals surface area contributed by atoms with Gasteiger partial charge in [0.1, 0.15) is 0 Å². The second-order valence-electron chi connectivity index (χ2n) is 3.02. The number of carbonyl (C=O) groups is 1. The molecule has 1 aromatic heterocycles. The monoisotopic (exact) mass is 214 g/mol. The van der Waals surface area contributed by atoms with Crippen molar-refractivity contribution in [1.82, 2.24) is 20.3 Å². The standard InChI is InChI=1S/C8H14N4O3/c13-4-3-12-6-7(10-11-12)5-9-2-1-8(14)15/h6,9,13H,1-5H2,(H,14,15). The molecule has 0 aromatic carbocycles. The van der Waals surface area contributed by atoms with Crippen molar-refractivity contribution in [3.8, 4) is 0 Å². The second kappa shape index (κ2) is 6.10. The van der Waals surface area contributed by atoms with E-state index in [1.54, 1.807) is 6.20 Å². The number of rotatable bonds is 7. The van der Waals surface area contributed by atoms with Crippen LogP contribution < -0.4 is 5.32 Å². The molecule has 0 bridgehead atoms. The van der Waals surface area contributed by atoms with Gasteiger partial charge in [-0.2, -0.15) is 0 Å². The van der Waals surface area contributed by atoms with E-state index in [9.17, 15) is 4.79 Å². The number of carboxylic acids is 1. The van der Waals surface area contributed by atoms with Crippen LogP contribution in [-0.2, 0) is 17.9 Å². The first-order valence-corrected chi connectivity index (χ1v) is 4.64. The highest BCUT2D eigenvalue weighted by atomic mass is 16.4. The van der Waals surface area contributed by atoms with Gasteiger partial charge in [-0.1, -0.05) is 5.21 Å². The third-order valence-electron chi connectivity index (χ3n) is 1.74. The van der Waals surface area contributed by atoms with Gasteiger partial charge in [-0.25, -0.2) is 4.68 Å². The normalized spacial score (nSPS) is 10.5. The molecule has 0 spiro atoms. The molecule has 1 rings (SSSR count). The summed E-state index contributed by atoms with van der Waals surface area (Å²) in [6, 6.07) is 0. The summed E-state index contributed by atoms with van der Waals surface area (Å²) in [5.74, 6) is -0.827. The lowest BCUT2D eigenvalue weighted by Gasteiger charge is -1.98. The molecule has 84 valence electrons. The fourth-order valence-corrected chi connectivity index (χ4v) is 1.04. The molecule has 1 heterocycles. The van der Waals surface area contributed by atoms with Crippen LogP contribution in [0.3, 0.4) is 0 Å². The number of nitrogens with one attached hydrogen (secondary N) is 1. The maximum absolute atomic E-state index is 10.2. The molecule has 0 fully saturated rings. The zero-order valence-electron chi connectivity index (χ0n) is 8.26. The largest absolute Gasteiger partial charge is 0.481 e. The quantitative estimate of drug-likeness (QED) is 0.495. The average Bonchev–Trinajstić information content (AvgIpc) is 2.61. The van der Waals surface area contributed by atoms with E-state index in [1.807, 2.05) is 0 Å². The van der Waals surface area contributed by atoms with E-state index in [1.165, 1.54) is 4.68 Å². The minimum absolute atomic E-state index is 0.0231. The molecule has 0 aliphatic heterocycles. The highest BCUT2D eigenvalue weighted by molar-refractivity contribution is 5.66. The molecule has 0 radical (unpaired) electrons. The smallest absolute Gasteiger partial charge is 0.304 e. The van der Waals surface area contributed by atoms with Crippen LogP contribution in [0.2, 0.25) is 0 Å². The van der Waals surface area contributed by atoms with E-state index < -0.39 is 5.97 Å². The number of aliphatic hydroxyl groups is 1. The summed E-state index contributed by atoms with van der Waals surface area (Å²) in [5.41, 5.74) is 0.730.